The fraction of sp³-hybridized carbons (Fsp3) is 0.160. The number of carbonyl (C=O) groups is 1. The second kappa shape index (κ2) is 9.94. The van der Waals surface area contributed by atoms with Crippen molar-refractivity contribution in [2.75, 3.05) is 5.32 Å². The summed E-state index contributed by atoms with van der Waals surface area (Å²) in [5.41, 5.74) is 4.09. The molecule has 6 heteroatoms. The van der Waals surface area contributed by atoms with E-state index in [1.165, 1.54) is 17.3 Å². The van der Waals surface area contributed by atoms with E-state index in [0.717, 1.165) is 29.0 Å². The van der Waals surface area contributed by atoms with E-state index in [9.17, 15) is 4.79 Å². The summed E-state index contributed by atoms with van der Waals surface area (Å²) in [6.07, 6.45) is 2.90. The molecule has 0 radical (unpaired) electrons. The van der Waals surface area contributed by atoms with E-state index < -0.39 is 0 Å². The van der Waals surface area contributed by atoms with Crippen LogP contribution in [0.1, 0.15) is 23.6 Å². The van der Waals surface area contributed by atoms with E-state index >= 15 is 0 Å². The van der Waals surface area contributed by atoms with Crippen molar-refractivity contribution in [3.63, 3.8) is 0 Å². The Labute approximate surface area is 191 Å². The number of anilines is 1. The summed E-state index contributed by atoms with van der Waals surface area (Å²) >= 11 is 7.39. The number of hydrogen-bond acceptors (Lipinski definition) is 4. The number of amides is 1. The molecule has 1 aliphatic rings. The van der Waals surface area contributed by atoms with Crippen LogP contribution in [-0.4, -0.2) is 11.4 Å². The van der Waals surface area contributed by atoms with Gasteiger partial charge in [-0.1, -0.05) is 66.7 Å². The fourth-order valence-electron chi connectivity index (χ4n) is 3.11. The summed E-state index contributed by atoms with van der Waals surface area (Å²) in [6.45, 7) is 2.60. The van der Waals surface area contributed by atoms with Gasteiger partial charge in [0.25, 0.3) is 5.91 Å². The van der Waals surface area contributed by atoms with Gasteiger partial charge in [0.2, 0.25) is 0 Å². The van der Waals surface area contributed by atoms with E-state index in [0.29, 0.717) is 16.5 Å². The zero-order chi connectivity index (χ0) is 21.6. The van der Waals surface area contributed by atoms with Gasteiger partial charge in [0.1, 0.15) is 12.4 Å². The summed E-state index contributed by atoms with van der Waals surface area (Å²) in [5, 5.41) is 7.02. The van der Waals surface area contributed by atoms with Gasteiger partial charge in [0, 0.05) is 10.7 Å². The lowest BCUT2D eigenvalue weighted by molar-refractivity contribution is -0.116. The average Bonchev–Trinajstić information content (AvgIpc) is 3.13. The van der Waals surface area contributed by atoms with Crippen molar-refractivity contribution in [1.29, 1.82) is 0 Å². The first-order valence-corrected chi connectivity index (χ1v) is 11.4. The van der Waals surface area contributed by atoms with E-state index in [4.69, 9.17) is 16.3 Å². The van der Waals surface area contributed by atoms with Gasteiger partial charge in [-0.15, -0.1) is 0 Å². The molecule has 0 bridgehead atoms. The van der Waals surface area contributed by atoms with Gasteiger partial charge < -0.3 is 15.4 Å². The van der Waals surface area contributed by atoms with E-state index in [2.05, 4.69) is 29.7 Å². The van der Waals surface area contributed by atoms with E-state index in [1.54, 1.807) is 0 Å². The molecule has 1 heterocycles. The number of rotatable bonds is 7. The molecule has 4 rings (SSSR count). The molecule has 2 N–H and O–H groups in total. The third-order valence-electron chi connectivity index (χ3n) is 4.89. The maximum Gasteiger partial charge on any atom is 0.260 e. The van der Waals surface area contributed by atoms with Crippen LogP contribution in [0.25, 0.3) is 6.08 Å². The Morgan fingerprint density at radius 2 is 1.68 bits per heavy atom. The number of thioether (sulfide) groups is 1. The van der Waals surface area contributed by atoms with Crippen LogP contribution in [0.5, 0.6) is 5.75 Å². The zero-order valence-corrected chi connectivity index (χ0v) is 18.7. The lowest BCUT2D eigenvalue weighted by Gasteiger charge is -2.12. The van der Waals surface area contributed by atoms with Crippen LogP contribution >= 0.6 is 23.4 Å². The van der Waals surface area contributed by atoms with Crippen molar-refractivity contribution in [1.82, 2.24) is 5.32 Å². The van der Waals surface area contributed by atoms with Gasteiger partial charge in [0.15, 0.2) is 5.50 Å². The Bertz CT molecular complexity index is 1060. The highest BCUT2D eigenvalue weighted by molar-refractivity contribution is 8.05. The van der Waals surface area contributed by atoms with Crippen molar-refractivity contribution in [2.45, 2.75) is 25.4 Å². The molecule has 4 nitrogen and oxygen atoms in total. The Morgan fingerprint density at radius 1 is 1.00 bits per heavy atom. The molecule has 1 aliphatic heterocycles. The van der Waals surface area contributed by atoms with Crippen molar-refractivity contribution >= 4 is 41.0 Å². The van der Waals surface area contributed by atoms with Crippen LogP contribution in [0, 0.1) is 0 Å². The van der Waals surface area contributed by atoms with Crippen molar-refractivity contribution in [3.8, 4) is 5.75 Å². The van der Waals surface area contributed by atoms with Gasteiger partial charge in [-0.3, -0.25) is 4.79 Å². The minimum Gasteiger partial charge on any atom is -0.489 e. The molecule has 31 heavy (non-hydrogen) atoms. The average molecular weight is 451 g/mol. The van der Waals surface area contributed by atoms with E-state index in [-0.39, 0.29) is 11.4 Å². The van der Waals surface area contributed by atoms with Gasteiger partial charge >= 0.3 is 0 Å². The van der Waals surface area contributed by atoms with Crippen LogP contribution in [-0.2, 0) is 17.8 Å². The lowest BCUT2D eigenvalue weighted by Crippen LogP contribution is -2.30. The highest BCUT2D eigenvalue weighted by Gasteiger charge is 2.27. The summed E-state index contributed by atoms with van der Waals surface area (Å²) in [5.74, 6) is 0.700. The maximum absolute atomic E-state index is 12.4. The lowest BCUT2D eigenvalue weighted by atomic mass is 10.1. The highest BCUT2D eigenvalue weighted by Crippen LogP contribution is 2.30. The second-order valence-corrected chi connectivity index (χ2v) is 8.74. The normalized spacial score (nSPS) is 16.9. The molecule has 1 atom stereocenters. The topological polar surface area (TPSA) is 50.4 Å². The highest BCUT2D eigenvalue weighted by atomic mass is 35.5. The zero-order valence-electron chi connectivity index (χ0n) is 17.1. The number of nitrogens with one attached hydrogen (secondary N) is 2. The monoisotopic (exact) mass is 450 g/mol. The van der Waals surface area contributed by atoms with Crippen LogP contribution < -0.4 is 15.4 Å². The molecule has 3 aromatic carbocycles. The smallest absolute Gasteiger partial charge is 0.260 e. The number of aryl methyl sites for hydroxylation is 1. The Kier molecular flexibility index (Phi) is 6.85. The maximum atomic E-state index is 12.4. The largest absolute Gasteiger partial charge is 0.489 e. The number of halogens is 1. The molecule has 1 saturated heterocycles. The quantitative estimate of drug-likeness (QED) is 0.428. The van der Waals surface area contributed by atoms with Gasteiger partial charge in [0.05, 0.1) is 4.91 Å². The Morgan fingerprint density at radius 3 is 2.35 bits per heavy atom. The number of benzene rings is 3. The van der Waals surface area contributed by atoms with Crippen molar-refractivity contribution in [2.24, 2.45) is 0 Å². The third-order valence-corrected chi connectivity index (χ3v) is 6.17. The molecular weight excluding hydrogens is 428 g/mol. The first kappa shape index (κ1) is 21.3. The molecular formula is C25H23ClN2O2S. The van der Waals surface area contributed by atoms with Crippen LogP contribution in [0.4, 0.5) is 5.69 Å². The summed E-state index contributed by atoms with van der Waals surface area (Å²) < 4.78 is 5.82. The first-order chi connectivity index (χ1) is 15.1. The van der Waals surface area contributed by atoms with Gasteiger partial charge in [-0.25, -0.2) is 0 Å². The predicted molar refractivity (Wildman–Crippen MR) is 129 cm³/mol. The number of ether oxygens (including phenoxy) is 1. The molecule has 0 aromatic heterocycles. The summed E-state index contributed by atoms with van der Waals surface area (Å²) in [6, 6.07) is 23.6. The fourth-order valence-corrected chi connectivity index (χ4v) is 4.22. The minimum atomic E-state index is -0.187. The standard InChI is InChI=1S/C25H23ClN2O2S/c1-2-17-5-11-21(12-6-17)27-25-28-24(29)23(31-25)15-18-7-13-22(14-8-18)30-16-19-3-9-20(26)10-4-19/h3-15,25,27H,2,16H2,1H3,(H,28,29)/b23-15-/t25-/m0/s1. The molecule has 3 aromatic rings. The summed E-state index contributed by atoms with van der Waals surface area (Å²) in [7, 11) is 0. The predicted octanol–water partition coefficient (Wildman–Crippen LogP) is 6.08. The number of carbonyl (C=O) groups excluding carboxylic acids is 1. The first-order valence-electron chi connectivity index (χ1n) is 10.1. The Hall–Kier alpha value is -2.89. The molecule has 0 saturated carbocycles. The number of hydrogen-bond donors (Lipinski definition) is 2. The third kappa shape index (κ3) is 5.84. The van der Waals surface area contributed by atoms with Crippen LogP contribution in [0.2, 0.25) is 5.02 Å². The summed E-state index contributed by atoms with van der Waals surface area (Å²) in [4.78, 5) is 13.0. The SMILES string of the molecule is CCc1ccc(N[C@H]2NC(=O)/C(=C/c3ccc(OCc4ccc(Cl)cc4)cc3)S2)cc1. The Balaban J connectivity index is 1.34. The molecule has 0 unspecified atom stereocenters. The van der Waals surface area contributed by atoms with E-state index in [1.807, 2.05) is 66.7 Å². The molecule has 1 fully saturated rings. The van der Waals surface area contributed by atoms with Crippen LogP contribution in [0.3, 0.4) is 0 Å². The second-order valence-electron chi connectivity index (χ2n) is 7.16. The molecule has 1 amide bonds. The van der Waals surface area contributed by atoms with Crippen molar-refractivity contribution < 1.29 is 9.53 Å². The molecule has 158 valence electrons. The van der Waals surface area contributed by atoms with Gasteiger partial charge in [-0.2, -0.15) is 0 Å². The minimum absolute atomic E-state index is 0.0734. The molecule has 0 aliphatic carbocycles. The van der Waals surface area contributed by atoms with Crippen molar-refractivity contribution in [3.05, 3.63) is 99.4 Å². The molecule has 0 spiro atoms. The van der Waals surface area contributed by atoms with Crippen LogP contribution in [0.15, 0.2) is 77.7 Å². The van der Waals surface area contributed by atoms with Gasteiger partial charge in [-0.05, 0) is 65.6 Å².